The van der Waals surface area contributed by atoms with Gasteiger partial charge in [-0.2, -0.15) is 5.26 Å². The van der Waals surface area contributed by atoms with Gasteiger partial charge in [-0.25, -0.2) is 0 Å². The maximum atomic E-state index is 10.1. The van der Waals surface area contributed by atoms with Crippen molar-refractivity contribution in [1.82, 2.24) is 5.16 Å². The van der Waals surface area contributed by atoms with Gasteiger partial charge in [-0.1, -0.05) is 38.1 Å². The molecule has 2 aromatic rings. The Morgan fingerprint density at radius 1 is 1.24 bits per heavy atom. The zero-order chi connectivity index (χ0) is 21.3. The number of nitrogens with zero attached hydrogens (tertiary/aromatic N) is 3. The van der Waals surface area contributed by atoms with E-state index in [1.165, 1.54) is 5.56 Å². The molecule has 0 amide bonds. The molecule has 0 radical (unpaired) electrons. The first-order valence-corrected chi connectivity index (χ1v) is 10.7. The molecular weight excluding hydrogens is 360 g/mol. The summed E-state index contributed by atoms with van der Waals surface area (Å²) in [5.41, 5.74) is 11.4. The molecule has 1 fully saturated rings. The Morgan fingerprint density at radius 3 is 2.45 bits per heavy atom. The van der Waals surface area contributed by atoms with Crippen molar-refractivity contribution in [3.05, 3.63) is 35.2 Å². The maximum absolute atomic E-state index is 10.1. The molecule has 0 aliphatic heterocycles. The van der Waals surface area contributed by atoms with Crippen LogP contribution in [-0.4, -0.2) is 23.8 Å². The Bertz CT molecular complexity index is 869. The van der Waals surface area contributed by atoms with Gasteiger partial charge in [0.2, 0.25) is 0 Å². The van der Waals surface area contributed by atoms with Crippen LogP contribution in [0.15, 0.2) is 22.7 Å². The number of aromatic nitrogens is 1. The highest BCUT2D eigenvalue weighted by Gasteiger charge is 2.34. The fourth-order valence-electron chi connectivity index (χ4n) is 4.38. The Labute approximate surface area is 174 Å². The normalized spacial score (nSPS) is 20.8. The Hall–Kier alpha value is -2.32. The molecule has 29 heavy (non-hydrogen) atoms. The molecule has 156 valence electrons. The smallest absolute Gasteiger partial charge is 0.141 e. The average Bonchev–Trinajstić information content (AvgIpc) is 2.98. The quantitative estimate of drug-likeness (QED) is 0.715. The molecule has 2 N–H and O–H groups in total. The summed E-state index contributed by atoms with van der Waals surface area (Å²) in [5.74, 6) is 2.05. The second-order valence-electron chi connectivity index (χ2n) is 9.13. The standard InChI is InChI=1S/C24H34N4O/c1-14(2)16(4)23(12-25)28(13-19-9-21(26)10-19)22-11-20(8-7-15(22)3)24-17(5)27-29-18(24)6/h7-8,11,14,16,19,21,23H,9-10,13,26H2,1-6H3/t16-,19?,21?,23?/m0/s1. The van der Waals surface area contributed by atoms with E-state index in [4.69, 9.17) is 10.3 Å². The zero-order valence-corrected chi connectivity index (χ0v) is 18.6. The SMILES string of the molecule is Cc1ccc(-c2c(C)noc2C)cc1N(CC1CC(N)C1)C(C#N)[C@@H](C)C(C)C. The zero-order valence-electron chi connectivity index (χ0n) is 18.6. The topological polar surface area (TPSA) is 79.1 Å². The fourth-order valence-corrected chi connectivity index (χ4v) is 4.38. The van der Waals surface area contributed by atoms with Crippen molar-refractivity contribution in [3.63, 3.8) is 0 Å². The molecule has 3 rings (SSSR count). The van der Waals surface area contributed by atoms with Gasteiger partial charge in [0, 0.05) is 23.8 Å². The lowest BCUT2D eigenvalue weighted by molar-refractivity contribution is 0.256. The van der Waals surface area contributed by atoms with Gasteiger partial charge in [-0.15, -0.1) is 0 Å². The minimum absolute atomic E-state index is 0.176. The highest BCUT2D eigenvalue weighted by molar-refractivity contribution is 5.73. The summed E-state index contributed by atoms with van der Waals surface area (Å²) < 4.78 is 5.39. The van der Waals surface area contributed by atoms with E-state index in [2.05, 4.69) is 62.0 Å². The van der Waals surface area contributed by atoms with Crippen molar-refractivity contribution in [1.29, 1.82) is 5.26 Å². The number of benzene rings is 1. The summed E-state index contributed by atoms with van der Waals surface area (Å²) in [7, 11) is 0. The van der Waals surface area contributed by atoms with Gasteiger partial charge in [0.1, 0.15) is 11.8 Å². The van der Waals surface area contributed by atoms with Crippen molar-refractivity contribution in [2.75, 3.05) is 11.4 Å². The summed E-state index contributed by atoms with van der Waals surface area (Å²) in [6.45, 7) is 13.5. The molecule has 1 aliphatic rings. The van der Waals surface area contributed by atoms with Gasteiger partial charge in [0.15, 0.2) is 0 Å². The predicted molar refractivity (Wildman–Crippen MR) is 118 cm³/mol. The van der Waals surface area contributed by atoms with E-state index in [1.54, 1.807) is 0 Å². The van der Waals surface area contributed by atoms with E-state index in [1.807, 2.05) is 13.8 Å². The average molecular weight is 395 g/mol. The Morgan fingerprint density at radius 2 is 1.93 bits per heavy atom. The van der Waals surface area contributed by atoms with Crippen molar-refractivity contribution in [2.45, 2.75) is 66.5 Å². The lowest BCUT2D eigenvalue weighted by Gasteiger charge is -2.42. The molecular formula is C24H34N4O. The maximum Gasteiger partial charge on any atom is 0.141 e. The van der Waals surface area contributed by atoms with E-state index in [0.29, 0.717) is 17.9 Å². The number of aryl methyl sites for hydroxylation is 3. The lowest BCUT2D eigenvalue weighted by atomic mass is 9.79. The molecule has 0 bridgehead atoms. The van der Waals surface area contributed by atoms with Gasteiger partial charge < -0.3 is 15.2 Å². The largest absolute Gasteiger partial charge is 0.361 e. The number of nitriles is 1. The molecule has 1 heterocycles. The van der Waals surface area contributed by atoms with Crippen LogP contribution < -0.4 is 10.6 Å². The highest BCUT2D eigenvalue weighted by Crippen LogP contribution is 2.36. The van der Waals surface area contributed by atoms with Crippen LogP contribution in [0.2, 0.25) is 0 Å². The first-order valence-electron chi connectivity index (χ1n) is 10.7. The molecule has 1 aromatic carbocycles. The summed E-state index contributed by atoms with van der Waals surface area (Å²) in [4.78, 5) is 2.33. The number of rotatable bonds is 7. The summed E-state index contributed by atoms with van der Waals surface area (Å²) in [6.07, 6.45) is 2.07. The van der Waals surface area contributed by atoms with Crippen LogP contribution in [0.3, 0.4) is 0 Å². The van der Waals surface area contributed by atoms with E-state index < -0.39 is 0 Å². The molecule has 1 aliphatic carbocycles. The molecule has 1 saturated carbocycles. The van der Waals surface area contributed by atoms with Gasteiger partial charge >= 0.3 is 0 Å². The van der Waals surface area contributed by atoms with Crippen LogP contribution >= 0.6 is 0 Å². The fraction of sp³-hybridized carbons (Fsp3) is 0.583. The van der Waals surface area contributed by atoms with E-state index in [-0.39, 0.29) is 12.0 Å². The third kappa shape index (κ3) is 4.33. The molecule has 1 aromatic heterocycles. The van der Waals surface area contributed by atoms with Crippen LogP contribution in [0.5, 0.6) is 0 Å². The molecule has 0 spiro atoms. The number of hydrogen-bond donors (Lipinski definition) is 1. The first-order chi connectivity index (χ1) is 13.7. The van der Waals surface area contributed by atoms with Gasteiger partial charge in [0.05, 0.1) is 11.8 Å². The van der Waals surface area contributed by atoms with Crippen LogP contribution in [-0.2, 0) is 0 Å². The Kier molecular flexibility index (Phi) is 6.33. The van der Waals surface area contributed by atoms with E-state index in [0.717, 1.165) is 47.7 Å². The van der Waals surface area contributed by atoms with Crippen molar-refractivity contribution in [2.24, 2.45) is 23.5 Å². The van der Waals surface area contributed by atoms with Gasteiger partial charge in [0.25, 0.3) is 0 Å². The number of hydrogen-bond acceptors (Lipinski definition) is 5. The summed E-state index contributed by atoms with van der Waals surface area (Å²) in [5, 5.41) is 14.2. The van der Waals surface area contributed by atoms with Gasteiger partial charge in [-0.05, 0) is 68.6 Å². The third-order valence-corrected chi connectivity index (χ3v) is 6.59. The number of anilines is 1. The van der Waals surface area contributed by atoms with E-state index in [9.17, 15) is 5.26 Å². The van der Waals surface area contributed by atoms with Crippen LogP contribution in [0.4, 0.5) is 5.69 Å². The minimum Gasteiger partial charge on any atom is -0.361 e. The molecule has 1 unspecified atom stereocenters. The first kappa shape index (κ1) is 21.4. The minimum atomic E-state index is -0.176. The van der Waals surface area contributed by atoms with Crippen LogP contribution in [0, 0.1) is 49.9 Å². The summed E-state index contributed by atoms with van der Waals surface area (Å²) in [6, 6.07) is 9.21. The highest BCUT2D eigenvalue weighted by atomic mass is 16.5. The molecule has 2 atom stereocenters. The number of nitrogens with two attached hydrogens (primary N) is 1. The van der Waals surface area contributed by atoms with Crippen molar-refractivity contribution >= 4 is 5.69 Å². The predicted octanol–water partition coefficient (Wildman–Crippen LogP) is 4.99. The monoisotopic (exact) mass is 394 g/mol. The summed E-state index contributed by atoms with van der Waals surface area (Å²) >= 11 is 0. The van der Waals surface area contributed by atoms with Gasteiger partial charge in [-0.3, -0.25) is 0 Å². The van der Waals surface area contributed by atoms with Crippen LogP contribution in [0.1, 0.15) is 50.6 Å². The molecule has 5 heteroatoms. The Balaban J connectivity index is 2.04. The second-order valence-corrected chi connectivity index (χ2v) is 9.13. The van der Waals surface area contributed by atoms with Crippen molar-refractivity contribution < 1.29 is 4.52 Å². The molecule has 0 saturated heterocycles. The molecule has 5 nitrogen and oxygen atoms in total. The second kappa shape index (κ2) is 8.59. The van der Waals surface area contributed by atoms with E-state index >= 15 is 0 Å². The van der Waals surface area contributed by atoms with Crippen LogP contribution in [0.25, 0.3) is 11.1 Å². The lowest BCUT2D eigenvalue weighted by Crippen LogP contribution is -2.48. The van der Waals surface area contributed by atoms with Crippen molar-refractivity contribution in [3.8, 4) is 17.2 Å². The third-order valence-electron chi connectivity index (χ3n) is 6.59.